The summed E-state index contributed by atoms with van der Waals surface area (Å²) in [6.07, 6.45) is 3.51. The number of nitrogens with one attached hydrogen (secondary N) is 2. The third kappa shape index (κ3) is 7.00. The number of hydrogen-bond acceptors (Lipinski definition) is 8. The smallest absolute Gasteiger partial charge is 0.247 e. The number of anilines is 4. The summed E-state index contributed by atoms with van der Waals surface area (Å²) in [4.78, 5) is 25.4. The maximum Gasteiger partial charge on any atom is 0.247 e. The van der Waals surface area contributed by atoms with Crippen LogP contribution in [0.2, 0.25) is 0 Å². The number of nitriles is 1. The molecule has 0 unspecified atom stereocenters. The number of nitrogens with zero attached hydrogens (tertiary/aromatic N) is 5. The molecule has 9 heteroatoms. The van der Waals surface area contributed by atoms with Gasteiger partial charge in [0, 0.05) is 31.8 Å². The van der Waals surface area contributed by atoms with Crippen LogP contribution in [0.5, 0.6) is 5.75 Å². The van der Waals surface area contributed by atoms with E-state index in [2.05, 4.69) is 51.7 Å². The van der Waals surface area contributed by atoms with Gasteiger partial charge in [0.15, 0.2) is 0 Å². The van der Waals surface area contributed by atoms with Crippen LogP contribution in [0.3, 0.4) is 0 Å². The molecule has 3 aromatic rings. The Bertz CT molecular complexity index is 1410. The first-order chi connectivity index (χ1) is 18.7. The number of benzene rings is 2. The van der Waals surface area contributed by atoms with Gasteiger partial charge in [-0.15, -0.1) is 0 Å². The van der Waals surface area contributed by atoms with Crippen molar-refractivity contribution in [3.05, 3.63) is 84.2 Å². The number of aryl methyl sites for hydroxylation is 1. The van der Waals surface area contributed by atoms with Crippen LogP contribution in [0.4, 0.5) is 23.0 Å². The molecule has 1 aromatic heterocycles. The monoisotopic (exact) mass is 525 g/mol. The molecular formula is C30H35N7O2. The van der Waals surface area contributed by atoms with Crippen LogP contribution >= 0.6 is 0 Å². The van der Waals surface area contributed by atoms with Gasteiger partial charge in [0.05, 0.1) is 41.6 Å². The number of amides is 1. The fourth-order valence-electron chi connectivity index (χ4n) is 4.03. The molecule has 0 aliphatic rings. The number of ether oxygens (including phenoxy) is 1. The molecule has 0 aliphatic heterocycles. The van der Waals surface area contributed by atoms with Crippen LogP contribution in [-0.4, -0.2) is 62.1 Å². The van der Waals surface area contributed by atoms with E-state index >= 15 is 0 Å². The molecule has 0 bridgehead atoms. The second-order valence-electron chi connectivity index (χ2n) is 9.17. The molecule has 0 radical (unpaired) electrons. The fourth-order valence-corrected chi connectivity index (χ4v) is 4.03. The second-order valence-corrected chi connectivity index (χ2v) is 9.17. The summed E-state index contributed by atoms with van der Waals surface area (Å²) >= 11 is 0. The molecule has 3 rings (SSSR count). The van der Waals surface area contributed by atoms with E-state index in [1.165, 1.54) is 12.3 Å². The zero-order valence-electron chi connectivity index (χ0n) is 23.2. The summed E-state index contributed by atoms with van der Waals surface area (Å²) in [6.45, 7) is 11.4. The van der Waals surface area contributed by atoms with Crippen molar-refractivity contribution < 1.29 is 9.53 Å². The van der Waals surface area contributed by atoms with Crippen molar-refractivity contribution in [1.82, 2.24) is 14.9 Å². The zero-order valence-corrected chi connectivity index (χ0v) is 23.2. The number of likely N-dealkylation sites (N-methyl/N-ethyl adjacent to an activating group) is 2. The first-order valence-electron chi connectivity index (χ1n) is 12.5. The molecule has 39 heavy (non-hydrogen) atoms. The number of rotatable bonds is 12. The minimum Gasteiger partial charge on any atom is -0.494 e. The SMILES string of the molecule is C=CC(=O)Nc1cc(Nc2ncc(C#N)c(C(=C)c3ccccc3CC)n2)c(OC)cc1N(C)CCN(C)C. The number of hydrogen-bond donors (Lipinski definition) is 2. The normalized spacial score (nSPS) is 10.5. The summed E-state index contributed by atoms with van der Waals surface area (Å²) in [7, 11) is 7.53. The Kier molecular flexibility index (Phi) is 9.79. The lowest BCUT2D eigenvalue weighted by Crippen LogP contribution is -2.29. The molecule has 0 fully saturated rings. The minimum absolute atomic E-state index is 0.257. The largest absolute Gasteiger partial charge is 0.494 e. The van der Waals surface area contributed by atoms with Gasteiger partial charge in [0.25, 0.3) is 0 Å². The average molecular weight is 526 g/mol. The van der Waals surface area contributed by atoms with E-state index in [0.29, 0.717) is 34.0 Å². The van der Waals surface area contributed by atoms with Crippen LogP contribution in [0.25, 0.3) is 5.57 Å². The molecule has 1 heterocycles. The molecular weight excluding hydrogens is 490 g/mol. The Morgan fingerprint density at radius 2 is 1.92 bits per heavy atom. The molecule has 0 aliphatic carbocycles. The van der Waals surface area contributed by atoms with Crippen molar-refractivity contribution in [2.75, 3.05) is 56.9 Å². The highest BCUT2D eigenvalue weighted by molar-refractivity contribution is 6.02. The predicted octanol–water partition coefficient (Wildman–Crippen LogP) is 4.85. The summed E-state index contributed by atoms with van der Waals surface area (Å²) in [5, 5.41) is 15.8. The third-order valence-electron chi connectivity index (χ3n) is 6.22. The molecule has 2 aromatic carbocycles. The topological polar surface area (TPSA) is 106 Å². The Morgan fingerprint density at radius 1 is 1.18 bits per heavy atom. The highest BCUT2D eigenvalue weighted by Crippen LogP contribution is 2.38. The van der Waals surface area contributed by atoms with Crippen molar-refractivity contribution in [3.63, 3.8) is 0 Å². The van der Waals surface area contributed by atoms with Crippen molar-refractivity contribution in [2.24, 2.45) is 0 Å². The first kappa shape index (κ1) is 28.9. The summed E-state index contributed by atoms with van der Waals surface area (Å²) in [5.41, 5.74) is 5.32. The van der Waals surface area contributed by atoms with Gasteiger partial charge in [-0.25, -0.2) is 9.97 Å². The van der Waals surface area contributed by atoms with E-state index in [0.717, 1.165) is 36.3 Å². The average Bonchev–Trinajstić information content (AvgIpc) is 2.95. The van der Waals surface area contributed by atoms with E-state index in [9.17, 15) is 10.1 Å². The van der Waals surface area contributed by atoms with E-state index < -0.39 is 0 Å². The maximum absolute atomic E-state index is 12.3. The van der Waals surface area contributed by atoms with Gasteiger partial charge in [-0.3, -0.25) is 4.79 Å². The Labute approximate surface area is 230 Å². The van der Waals surface area contributed by atoms with Crippen LogP contribution in [0.15, 0.2) is 61.8 Å². The Morgan fingerprint density at radius 3 is 2.56 bits per heavy atom. The molecule has 2 N–H and O–H groups in total. The molecule has 9 nitrogen and oxygen atoms in total. The second kappa shape index (κ2) is 13.2. The van der Waals surface area contributed by atoms with Crippen LogP contribution < -0.4 is 20.3 Å². The van der Waals surface area contributed by atoms with Crippen molar-refractivity contribution in [1.29, 1.82) is 5.26 Å². The molecule has 0 atom stereocenters. The summed E-state index contributed by atoms with van der Waals surface area (Å²) in [5.74, 6) is 0.450. The quantitative estimate of drug-likeness (QED) is 0.323. The molecule has 1 amide bonds. The van der Waals surface area contributed by atoms with Gasteiger partial charge >= 0.3 is 0 Å². The van der Waals surface area contributed by atoms with Crippen molar-refractivity contribution in [2.45, 2.75) is 13.3 Å². The lowest BCUT2D eigenvalue weighted by Gasteiger charge is -2.26. The lowest BCUT2D eigenvalue weighted by molar-refractivity contribution is -0.111. The Hall–Kier alpha value is -4.68. The molecule has 0 spiro atoms. The number of carbonyl (C=O) groups is 1. The third-order valence-corrected chi connectivity index (χ3v) is 6.22. The number of aromatic nitrogens is 2. The van der Waals surface area contributed by atoms with Crippen molar-refractivity contribution >= 4 is 34.5 Å². The van der Waals surface area contributed by atoms with E-state index in [1.807, 2.05) is 56.4 Å². The molecule has 0 saturated carbocycles. The zero-order chi connectivity index (χ0) is 28.5. The van der Waals surface area contributed by atoms with Gasteiger partial charge in [0.1, 0.15) is 11.8 Å². The lowest BCUT2D eigenvalue weighted by atomic mass is 9.95. The summed E-state index contributed by atoms with van der Waals surface area (Å²) in [6, 6.07) is 13.7. The molecule has 202 valence electrons. The minimum atomic E-state index is -0.337. The van der Waals surface area contributed by atoms with E-state index in [4.69, 9.17) is 4.74 Å². The predicted molar refractivity (Wildman–Crippen MR) is 158 cm³/mol. The Balaban J connectivity index is 2.05. The highest BCUT2D eigenvalue weighted by atomic mass is 16.5. The molecule has 0 saturated heterocycles. The van der Waals surface area contributed by atoms with Gasteiger partial charge in [-0.1, -0.05) is 44.3 Å². The summed E-state index contributed by atoms with van der Waals surface area (Å²) < 4.78 is 5.68. The number of carbonyl (C=O) groups excluding carboxylic acids is 1. The van der Waals surface area contributed by atoms with Crippen LogP contribution in [0.1, 0.15) is 29.3 Å². The van der Waals surface area contributed by atoms with Gasteiger partial charge in [-0.05, 0) is 43.8 Å². The van der Waals surface area contributed by atoms with E-state index in [1.54, 1.807) is 13.2 Å². The van der Waals surface area contributed by atoms with Crippen LogP contribution in [0, 0.1) is 11.3 Å². The first-order valence-corrected chi connectivity index (χ1v) is 12.5. The highest BCUT2D eigenvalue weighted by Gasteiger charge is 2.18. The van der Waals surface area contributed by atoms with Gasteiger partial charge < -0.3 is 25.2 Å². The number of methoxy groups -OCH3 is 1. The van der Waals surface area contributed by atoms with Crippen molar-refractivity contribution in [3.8, 4) is 11.8 Å². The van der Waals surface area contributed by atoms with Crippen LogP contribution in [-0.2, 0) is 11.2 Å². The fraction of sp³-hybridized carbons (Fsp3) is 0.267. The van der Waals surface area contributed by atoms with E-state index in [-0.39, 0.29) is 11.9 Å². The standard InChI is InChI=1S/C30H35N7O2/c1-8-21-12-10-11-13-23(21)20(3)29-22(18-31)19-32-30(35-29)34-25-16-24(33-28(38)9-2)26(17-27(25)39-7)37(6)15-14-36(4)5/h9-13,16-17,19H,2-3,8,14-15H2,1,4-7H3,(H,33,38)(H,32,34,35). The van der Waals surface area contributed by atoms with Gasteiger partial charge in [0.2, 0.25) is 11.9 Å². The van der Waals surface area contributed by atoms with Gasteiger partial charge in [-0.2, -0.15) is 5.26 Å². The maximum atomic E-state index is 12.3.